The molecule has 0 saturated heterocycles. The third-order valence-corrected chi connectivity index (χ3v) is 11.0. The third kappa shape index (κ3) is 28.7. The second-order valence-electron chi connectivity index (χ2n) is 16.5. The number of rotatable bonds is 37. The molecule has 0 N–H and O–H groups in total. The van der Waals surface area contributed by atoms with E-state index in [0.717, 1.165) is 0 Å². The van der Waals surface area contributed by atoms with Gasteiger partial charge in [-0.05, 0) is 53.5 Å². The number of unbranched alkanes of at least 4 members (excludes halogenated alkanes) is 29. The summed E-state index contributed by atoms with van der Waals surface area (Å²) in [6, 6.07) is 0. The molecule has 0 aromatic carbocycles. The van der Waals surface area contributed by atoms with Gasteiger partial charge in [0.15, 0.2) is 0 Å². The number of hydrogen-bond donors (Lipinski definition) is 0. The summed E-state index contributed by atoms with van der Waals surface area (Å²) in [6.45, 7) is 18.6. The fourth-order valence-electron chi connectivity index (χ4n) is 7.90. The molecule has 0 aliphatic carbocycles. The van der Waals surface area contributed by atoms with Crippen LogP contribution in [0.1, 0.15) is 267 Å². The first kappa shape index (κ1) is 45.0. The molecule has 0 unspecified atom stereocenters. The fourth-order valence-corrected chi connectivity index (χ4v) is 7.90. The predicted octanol–water partition coefficient (Wildman–Crippen LogP) is 16.2. The lowest BCUT2D eigenvalue weighted by Gasteiger charge is -2.49. The van der Waals surface area contributed by atoms with Crippen LogP contribution in [0, 0.1) is 0 Å². The Labute approximate surface area is 288 Å². The average Bonchev–Trinajstić information content (AvgIpc) is 3.01. The Hall–Kier alpha value is -0.0400. The van der Waals surface area contributed by atoms with E-state index in [1.54, 1.807) is 0 Å². The van der Waals surface area contributed by atoms with Crippen LogP contribution < -0.4 is 0 Å². The second-order valence-corrected chi connectivity index (χ2v) is 16.5. The molecule has 0 rings (SSSR count). The molecular weight excluding hydrogens is 542 g/mol. The van der Waals surface area contributed by atoms with E-state index in [9.17, 15) is 0 Å². The maximum atomic E-state index is 2.98. The molecule has 0 aromatic heterocycles. The predicted molar refractivity (Wildman–Crippen MR) is 209 cm³/mol. The van der Waals surface area contributed by atoms with Crippen LogP contribution in [0.25, 0.3) is 0 Å². The smallest absolute Gasteiger partial charge is 0.0158 e. The van der Waals surface area contributed by atoms with Crippen LogP contribution in [0.4, 0.5) is 0 Å². The molecule has 0 fully saturated rings. The quantitative estimate of drug-likeness (QED) is 0.0615. The second kappa shape index (κ2) is 32.5. The molecule has 1 heteroatoms. The van der Waals surface area contributed by atoms with Crippen molar-refractivity contribution in [3.05, 3.63) is 0 Å². The lowest BCUT2D eigenvalue weighted by atomic mass is 9.85. The van der Waals surface area contributed by atoms with Crippen molar-refractivity contribution in [3.8, 4) is 0 Å². The van der Waals surface area contributed by atoms with Crippen LogP contribution in [-0.4, -0.2) is 22.5 Å². The van der Waals surface area contributed by atoms with E-state index in [0.29, 0.717) is 11.1 Å². The van der Waals surface area contributed by atoms with Crippen molar-refractivity contribution >= 4 is 0 Å². The van der Waals surface area contributed by atoms with Gasteiger partial charge in [0.05, 0.1) is 0 Å². The molecule has 272 valence electrons. The van der Waals surface area contributed by atoms with Crippen molar-refractivity contribution in [2.45, 2.75) is 278 Å². The van der Waals surface area contributed by atoms with Crippen molar-refractivity contribution in [2.24, 2.45) is 0 Å². The Morgan fingerprint density at radius 3 is 0.711 bits per heavy atom. The van der Waals surface area contributed by atoms with Crippen molar-refractivity contribution in [1.29, 1.82) is 0 Å². The van der Waals surface area contributed by atoms with Gasteiger partial charge in [-0.25, -0.2) is 0 Å². The largest absolute Gasteiger partial charge is 0.293 e. The molecule has 0 aliphatic rings. The Morgan fingerprint density at radius 1 is 0.267 bits per heavy atom. The van der Waals surface area contributed by atoms with Gasteiger partial charge in [-0.2, -0.15) is 0 Å². The average molecular weight is 634 g/mol. The highest BCUT2D eigenvalue weighted by molar-refractivity contribution is 4.92. The lowest BCUT2D eigenvalue weighted by molar-refractivity contribution is 0.00151. The molecule has 0 radical (unpaired) electrons. The Kier molecular flexibility index (Phi) is 32.5. The van der Waals surface area contributed by atoms with Crippen molar-refractivity contribution < 1.29 is 0 Å². The first-order valence-electron chi connectivity index (χ1n) is 21.6. The van der Waals surface area contributed by atoms with Gasteiger partial charge in [-0.15, -0.1) is 0 Å². The highest BCUT2D eigenvalue weighted by Gasteiger charge is 2.36. The van der Waals surface area contributed by atoms with Gasteiger partial charge in [0.2, 0.25) is 0 Å². The summed E-state index contributed by atoms with van der Waals surface area (Å²) in [7, 11) is 0. The molecule has 1 nitrogen and oxygen atoms in total. The van der Waals surface area contributed by atoms with Crippen LogP contribution in [0.15, 0.2) is 0 Å². The van der Waals surface area contributed by atoms with Crippen LogP contribution in [0.3, 0.4) is 0 Å². The van der Waals surface area contributed by atoms with Gasteiger partial charge in [0, 0.05) is 11.1 Å². The molecule has 0 amide bonds. The molecule has 0 aromatic rings. The van der Waals surface area contributed by atoms with Crippen molar-refractivity contribution in [2.75, 3.05) is 6.54 Å². The molecule has 0 atom stereocenters. The molecular formula is C44H91N. The zero-order valence-electron chi connectivity index (χ0n) is 33.2. The Morgan fingerprint density at radius 2 is 0.467 bits per heavy atom. The summed E-state index contributed by atoms with van der Waals surface area (Å²) in [4.78, 5) is 2.98. The lowest BCUT2D eigenvalue weighted by Crippen LogP contribution is -2.55. The standard InChI is InChI=1S/C44H91N/c1-8-11-14-17-20-23-24-25-26-27-28-29-30-33-36-39-42-45(43(4,5)40-37-34-31-21-18-15-12-9-2)44(6,7)41-38-35-32-22-19-16-13-10-3/h8-42H2,1-7H3. The maximum Gasteiger partial charge on any atom is 0.0158 e. The Bertz CT molecular complexity index is 531. The summed E-state index contributed by atoms with van der Waals surface area (Å²) in [5.41, 5.74) is 0.614. The van der Waals surface area contributed by atoms with E-state index in [1.807, 2.05) is 0 Å². The fraction of sp³-hybridized carbons (Fsp3) is 1.00. The number of nitrogens with zero attached hydrogens (tertiary/aromatic N) is 1. The summed E-state index contributed by atoms with van der Waals surface area (Å²) in [5, 5.41) is 0. The maximum absolute atomic E-state index is 2.98. The minimum absolute atomic E-state index is 0.307. The summed E-state index contributed by atoms with van der Waals surface area (Å²) in [5.74, 6) is 0. The molecule has 45 heavy (non-hydrogen) atoms. The van der Waals surface area contributed by atoms with Crippen LogP contribution in [0.5, 0.6) is 0 Å². The van der Waals surface area contributed by atoms with E-state index in [2.05, 4.69) is 53.4 Å². The summed E-state index contributed by atoms with van der Waals surface area (Å²) in [6.07, 6.45) is 48.8. The zero-order valence-corrected chi connectivity index (χ0v) is 33.2. The molecule has 0 saturated carbocycles. The van der Waals surface area contributed by atoms with E-state index in [1.165, 1.54) is 225 Å². The topological polar surface area (TPSA) is 3.24 Å². The van der Waals surface area contributed by atoms with Crippen LogP contribution in [0.2, 0.25) is 0 Å². The first-order valence-corrected chi connectivity index (χ1v) is 21.6. The Balaban J connectivity index is 4.41. The van der Waals surface area contributed by atoms with Gasteiger partial charge in [0.1, 0.15) is 0 Å². The minimum atomic E-state index is 0.307. The van der Waals surface area contributed by atoms with E-state index < -0.39 is 0 Å². The van der Waals surface area contributed by atoms with Crippen molar-refractivity contribution in [3.63, 3.8) is 0 Å². The number of hydrogen-bond acceptors (Lipinski definition) is 1. The van der Waals surface area contributed by atoms with Gasteiger partial charge >= 0.3 is 0 Å². The molecule has 0 spiro atoms. The summed E-state index contributed by atoms with van der Waals surface area (Å²) < 4.78 is 0. The van der Waals surface area contributed by atoms with Gasteiger partial charge in [-0.1, -0.05) is 220 Å². The minimum Gasteiger partial charge on any atom is -0.293 e. The van der Waals surface area contributed by atoms with Crippen LogP contribution in [-0.2, 0) is 0 Å². The van der Waals surface area contributed by atoms with E-state index in [4.69, 9.17) is 0 Å². The summed E-state index contributed by atoms with van der Waals surface area (Å²) >= 11 is 0. The highest BCUT2D eigenvalue weighted by atomic mass is 15.2. The van der Waals surface area contributed by atoms with Crippen LogP contribution >= 0.6 is 0 Å². The highest BCUT2D eigenvalue weighted by Crippen LogP contribution is 2.34. The monoisotopic (exact) mass is 634 g/mol. The van der Waals surface area contributed by atoms with Gasteiger partial charge in [0.25, 0.3) is 0 Å². The third-order valence-electron chi connectivity index (χ3n) is 11.0. The van der Waals surface area contributed by atoms with Crippen molar-refractivity contribution in [1.82, 2.24) is 4.90 Å². The normalized spacial score (nSPS) is 12.5. The first-order chi connectivity index (χ1) is 21.8. The van der Waals surface area contributed by atoms with Gasteiger partial charge in [-0.3, -0.25) is 4.90 Å². The molecule has 0 bridgehead atoms. The molecule has 0 aliphatic heterocycles. The van der Waals surface area contributed by atoms with E-state index >= 15 is 0 Å². The van der Waals surface area contributed by atoms with E-state index in [-0.39, 0.29) is 0 Å². The zero-order chi connectivity index (χ0) is 33.3. The SMILES string of the molecule is CCCCCCCCCCCCCCCCCCN(C(C)(C)CCCCCCCCCC)C(C)(C)CCCCCCCCCC. The molecule has 0 heterocycles. The van der Waals surface area contributed by atoms with Gasteiger partial charge < -0.3 is 0 Å².